The normalized spacial score (nSPS) is 28.1. The van der Waals surface area contributed by atoms with Gasteiger partial charge in [0.2, 0.25) is 0 Å². The fraction of sp³-hybridized carbons (Fsp3) is 0.652. The quantitative estimate of drug-likeness (QED) is 0.712. The molecule has 0 amide bonds. The first-order valence-corrected chi connectivity index (χ1v) is 11.6. The Hall–Kier alpha value is -2.33. The SMILES string of the molecule is CC(C)n1nc(-c2cnc(N)c(OC(F)(F)F)c2)cc1C1[C@H]2CC(N3CCCOCC3)C[C@@H]12. The minimum absolute atomic E-state index is 0.140. The predicted octanol–water partition coefficient (Wildman–Crippen LogP) is 4.22. The third-order valence-corrected chi connectivity index (χ3v) is 7.19. The fourth-order valence-corrected chi connectivity index (χ4v) is 5.69. The van der Waals surface area contributed by atoms with E-state index in [1.165, 1.54) is 25.1 Å². The van der Waals surface area contributed by atoms with Crippen molar-refractivity contribution < 1.29 is 22.6 Å². The first-order valence-electron chi connectivity index (χ1n) is 11.6. The van der Waals surface area contributed by atoms with Crippen LogP contribution in [0.1, 0.15) is 50.8 Å². The number of hydrogen-bond donors (Lipinski definition) is 1. The predicted molar refractivity (Wildman–Crippen MR) is 117 cm³/mol. The molecular weight excluding hydrogens is 435 g/mol. The Morgan fingerprint density at radius 3 is 2.61 bits per heavy atom. The molecule has 3 fully saturated rings. The maximum absolute atomic E-state index is 12.7. The van der Waals surface area contributed by atoms with Crippen LogP contribution in [0.25, 0.3) is 11.3 Å². The van der Waals surface area contributed by atoms with Crippen molar-refractivity contribution in [3.8, 4) is 17.0 Å². The van der Waals surface area contributed by atoms with E-state index >= 15 is 0 Å². The number of hydrogen-bond acceptors (Lipinski definition) is 6. The molecule has 2 N–H and O–H groups in total. The lowest BCUT2D eigenvalue weighted by Gasteiger charge is -2.28. The Kier molecular flexibility index (Phi) is 5.76. The minimum Gasteiger partial charge on any atom is -0.402 e. The Balaban J connectivity index is 1.35. The van der Waals surface area contributed by atoms with E-state index < -0.39 is 12.1 Å². The highest BCUT2D eigenvalue weighted by atomic mass is 19.4. The summed E-state index contributed by atoms with van der Waals surface area (Å²) in [5.74, 6) is 0.903. The van der Waals surface area contributed by atoms with Gasteiger partial charge in [-0.15, -0.1) is 13.2 Å². The summed E-state index contributed by atoms with van der Waals surface area (Å²) in [6.07, 6.45) is 0.0647. The summed E-state index contributed by atoms with van der Waals surface area (Å²) in [6, 6.07) is 4.03. The van der Waals surface area contributed by atoms with Crippen LogP contribution in [0.2, 0.25) is 0 Å². The van der Waals surface area contributed by atoms with Crippen LogP contribution in [-0.4, -0.2) is 58.4 Å². The van der Waals surface area contributed by atoms with Crippen molar-refractivity contribution in [1.82, 2.24) is 19.7 Å². The molecule has 4 atom stereocenters. The summed E-state index contributed by atoms with van der Waals surface area (Å²) in [5, 5.41) is 4.73. The second-order valence-corrected chi connectivity index (χ2v) is 9.63. The fourth-order valence-electron chi connectivity index (χ4n) is 5.69. The van der Waals surface area contributed by atoms with Gasteiger partial charge in [-0.3, -0.25) is 9.58 Å². The summed E-state index contributed by atoms with van der Waals surface area (Å²) in [6.45, 7) is 7.92. The number of rotatable bonds is 5. The Morgan fingerprint density at radius 2 is 1.91 bits per heavy atom. The van der Waals surface area contributed by atoms with Gasteiger partial charge in [0.1, 0.15) is 0 Å². The molecule has 2 aliphatic carbocycles. The van der Waals surface area contributed by atoms with Crippen LogP contribution in [0.3, 0.4) is 0 Å². The van der Waals surface area contributed by atoms with Crippen molar-refractivity contribution in [2.24, 2.45) is 11.8 Å². The summed E-state index contributed by atoms with van der Waals surface area (Å²) in [7, 11) is 0. The number of alkyl halides is 3. The van der Waals surface area contributed by atoms with Crippen LogP contribution in [0.4, 0.5) is 19.0 Å². The molecule has 180 valence electrons. The van der Waals surface area contributed by atoms with Crippen molar-refractivity contribution in [1.29, 1.82) is 0 Å². The van der Waals surface area contributed by atoms with Crippen LogP contribution in [0.15, 0.2) is 18.3 Å². The molecule has 2 aromatic rings. The highest BCUT2D eigenvalue weighted by Crippen LogP contribution is 2.64. The van der Waals surface area contributed by atoms with Gasteiger partial charge in [-0.05, 0) is 57.1 Å². The minimum atomic E-state index is -4.83. The third kappa shape index (κ3) is 4.55. The molecular formula is C23H30F3N5O2. The van der Waals surface area contributed by atoms with Gasteiger partial charge in [0.15, 0.2) is 11.6 Å². The lowest BCUT2D eigenvalue weighted by Crippen LogP contribution is -2.36. The average molecular weight is 466 g/mol. The molecule has 5 rings (SSSR count). The van der Waals surface area contributed by atoms with Crippen molar-refractivity contribution in [3.63, 3.8) is 0 Å². The van der Waals surface area contributed by atoms with Gasteiger partial charge in [-0.25, -0.2) is 4.98 Å². The van der Waals surface area contributed by atoms with Crippen LogP contribution in [0.5, 0.6) is 5.75 Å². The summed E-state index contributed by atoms with van der Waals surface area (Å²) in [5.41, 5.74) is 7.79. The molecule has 0 bridgehead atoms. The van der Waals surface area contributed by atoms with E-state index in [1.807, 2.05) is 10.7 Å². The Labute approximate surface area is 191 Å². The summed E-state index contributed by atoms with van der Waals surface area (Å²) < 4.78 is 49.8. The number of pyridine rings is 1. The topological polar surface area (TPSA) is 78.4 Å². The molecule has 3 heterocycles. The highest BCUT2D eigenvalue weighted by Gasteiger charge is 2.58. The third-order valence-electron chi connectivity index (χ3n) is 7.19. The van der Waals surface area contributed by atoms with Gasteiger partial charge in [-0.1, -0.05) is 0 Å². The number of halogens is 3. The molecule has 2 saturated carbocycles. The zero-order chi connectivity index (χ0) is 23.3. The second-order valence-electron chi connectivity index (χ2n) is 9.63. The van der Waals surface area contributed by atoms with Crippen molar-refractivity contribution in [2.45, 2.75) is 57.5 Å². The molecule has 7 nitrogen and oxygen atoms in total. The monoisotopic (exact) mass is 465 g/mol. The number of aromatic nitrogens is 3. The van der Waals surface area contributed by atoms with Gasteiger partial charge in [0.25, 0.3) is 0 Å². The van der Waals surface area contributed by atoms with Gasteiger partial charge in [-0.2, -0.15) is 5.10 Å². The first kappa shape index (κ1) is 22.5. The number of anilines is 1. The standard InChI is InChI=1S/C23H30F3N5O2/c1-13(2)31-19(21-16-9-15(10-17(16)21)30-4-3-6-32-7-5-30)11-18(29-31)14-8-20(22(27)28-12-14)33-23(24,25)26/h8,11-13,15-17,21H,3-7,9-10H2,1-2H3,(H2,27,28)/t15?,16-,17+,21?. The van der Waals surface area contributed by atoms with Crippen molar-refractivity contribution in [3.05, 3.63) is 24.0 Å². The maximum atomic E-state index is 12.7. The summed E-state index contributed by atoms with van der Waals surface area (Å²) >= 11 is 0. The Morgan fingerprint density at radius 1 is 1.15 bits per heavy atom. The molecule has 0 spiro atoms. The molecule has 3 aliphatic rings. The van der Waals surface area contributed by atoms with E-state index in [1.54, 1.807) is 0 Å². The number of nitrogens with two attached hydrogens (primary N) is 1. The molecule has 1 saturated heterocycles. The van der Waals surface area contributed by atoms with Crippen molar-refractivity contribution >= 4 is 5.82 Å². The number of fused-ring (bicyclic) bond motifs is 1. The van der Waals surface area contributed by atoms with E-state index in [0.29, 0.717) is 35.1 Å². The maximum Gasteiger partial charge on any atom is 0.573 e. The van der Waals surface area contributed by atoms with Gasteiger partial charge in [0, 0.05) is 55.2 Å². The number of nitrogens with zero attached hydrogens (tertiary/aromatic N) is 4. The zero-order valence-corrected chi connectivity index (χ0v) is 18.9. The van der Waals surface area contributed by atoms with Crippen LogP contribution < -0.4 is 10.5 Å². The molecule has 0 radical (unpaired) electrons. The summed E-state index contributed by atoms with van der Waals surface area (Å²) in [4.78, 5) is 6.49. The van der Waals surface area contributed by atoms with Crippen LogP contribution in [0, 0.1) is 11.8 Å². The average Bonchev–Trinajstić information content (AvgIpc) is 3.08. The van der Waals surface area contributed by atoms with Gasteiger partial charge in [0.05, 0.1) is 12.3 Å². The molecule has 33 heavy (non-hydrogen) atoms. The van der Waals surface area contributed by atoms with E-state index in [4.69, 9.17) is 15.6 Å². The van der Waals surface area contributed by atoms with E-state index in [2.05, 4.69) is 28.5 Å². The number of nitrogen functional groups attached to an aromatic ring is 1. The Bertz CT molecular complexity index is 988. The van der Waals surface area contributed by atoms with E-state index in [9.17, 15) is 13.2 Å². The highest BCUT2D eigenvalue weighted by molar-refractivity contribution is 5.64. The zero-order valence-electron chi connectivity index (χ0n) is 18.9. The van der Waals surface area contributed by atoms with Crippen molar-refractivity contribution in [2.75, 3.05) is 32.0 Å². The van der Waals surface area contributed by atoms with E-state index in [0.717, 1.165) is 38.4 Å². The smallest absolute Gasteiger partial charge is 0.402 e. The van der Waals surface area contributed by atoms with Crippen LogP contribution in [-0.2, 0) is 4.74 Å². The van der Waals surface area contributed by atoms with Crippen LogP contribution >= 0.6 is 0 Å². The molecule has 10 heteroatoms. The first-order chi connectivity index (χ1) is 15.7. The van der Waals surface area contributed by atoms with Gasteiger partial charge >= 0.3 is 6.36 Å². The largest absolute Gasteiger partial charge is 0.573 e. The lowest BCUT2D eigenvalue weighted by molar-refractivity contribution is -0.274. The number of ether oxygens (including phenoxy) is 2. The van der Waals surface area contributed by atoms with E-state index in [-0.39, 0.29) is 11.9 Å². The molecule has 2 aromatic heterocycles. The lowest BCUT2D eigenvalue weighted by atomic mass is 10.0. The molecule has 2 unspecified atom stereocenters. The second kappa shape index (κ2) is 8.47. The molecule has 1 aliphatic heterocycles. The van der Waals surface area contributed by atoms with Gasteiger partial charge < -0.3 is 15.2 Å². The molecule has 0 aromatic carbocycles.